The second-order valence-electron chi connectivity index (χ2n) is 10.8. The Morgan fingerprint density at radius 3 is 2.64 bits per heavy atom. The van der Waals surface area contributed by atoms with Crippen molar-refractivity contribution in [3.8, 4) is 5.75 Å². The Morgan fingerprint density at radius 1 is 1.13 bits per heavy atom. The van der Waals surface area contributed by atoms with E-state index < -0.39 is 5.82 Å². The highest BCUT2D eigenvalue weighted by Crippen LogP contribution is 2.41. The number of urea groups is 1. The molecular formula is C28H39ClFN7O2. The van der Waals surface area contributed by atoms with Crippen LogP contribution >= 0.6 is 11.6 Å². The van der Waals surface area contributed by atoms with Crippen LogP contribution in [0.2, 0.25) is 5.02 Å². The van der Waals surface area contributed by atoms with Gasteiger partial charge in [-0.05, 0) is 51.4 Å². The molecule has 1 saturated carbocycles. The number of nitrogens with zero attached hydrogens (tertiary/aromatic N) is 6. The summed E-state index contributed by atoms with van der Waals surface area (Å²) in [5, 5.41) is 3.51. The van der Waals surface area contributed by atoms with Crippen molar-refractivity contribution in [1.82, 2.24) is 19.8 Å². The quantitative estimate of drug-likeness (QED) is 0.411. The molecule has 39 heavy (non-hydrogen) atoms. The van der Waals surface area contributed by atoms with E-state index in [0.29, 0.717) is 11.8 Å². The van der Waals surface area contributed by atoms with E-state index in [1.165, 1.54) is 24.5 Å². The van der Waals surface area contributed by atoms with Crippen molar-refractivity contribution >= 4 is 35.1 Å². The number of fused-ring (bicyclic) bond motifs is 1. The highest BCUT2D eigenvalue weighted by atomic mass is 35.5. The average Bonchev–Trinajstić information content (AvgIpc) is 3.46. The number of carbonyl (C=O) groups excluding carboxylic acids is 1. The van der Waals surface area contributed by atoms with Crippen LogP contribution in [0.15, 0.2) is 18.3 Å². The lowest BCUT2D eigenvalue weighted by molar-refractivity contribution is 0.152. The summed E-state index contributed by atoms with van der Waals surface area (Å²) in [4.78, 5) is 31.2. The van der Waals surface area contributed by atoms with Crippen molar-refractivity contribution in [1.29, 1.82) is 0 Å². The van der Waals surface area contributed by atoms with Crippen LogP contribution in [0.4, 0.5) is 26.6 Å². The van der Waals surface area contributed by atoms with Gasteiger partial charge in [-0.25, -0.2) is 14.2 Å². The van der Waals surface area contributed by atoms with Crippen LogP contribution in [0.3, 0.4) is 0 Å². The molecule has 3 aliphatic rings. The highest BCUT2D eigenvalue weighted by Gasteiger charge is 2.40. The fourth-order valence-electron chi connectivity index (χ4n) is 5.76. The van der Waals surface area contributed by atoms with Gasteiger partial charge in [-0.3, -0.25) is 9.80 Å². The number of anilines is 3. The zero-order valence-electron chi connectivity index (χ0n) is 23.0. The van der Waals surface area contributed by atoms with E-state index in [2.05, 4.69) is 27.1 Å². The number of piperazine rings is 1. The van der Waals surface area contributed by atoms with Gasteiger partial charge in [0.2, 0.25) is 5.95 Å². The first kappa shape index (κ1) is 27.9. The summed E-state index contributed by atoms with van der Waals surface area (Å²) < 4.78 is 20.5. The minimum absolute atomic E-state index is 0.00354. The van der Waals surface area contributed by atoms with E-state index in [1.54, 1.807) is 17.2 Å². The summed E-state index contributed by atoms with van der Waals surface area (Å²) in [7, 11) is 3.57. The number of hydrogen-bond acceptors (Lipinski definition) is 7. The van der Waals surface area contributed by atoms with Crippen molar-refractivity contribution in [2.45, 2.75) is 57.5 Å². The van der Waals surface area contributed by atoms with E-state index in [9.17, 15) is 4.79 Å². The Balaban J connectivity index is 1.26. The maximum Gasteiger partial charge on any atom is 0.330 e. The normalized spacial score (nSPS) is 19.0. The number of carbonyl (C=O) groups is 1. The number of halogens is 2. The predicted octanol–water partition coefficient (Wildman–Crippen LogP) is 5.00. The zero-order chi connectivity index (χ0) is 27.4. The van der Waals surface area contributed by atoms with Crippen molar-refractivity contribution in [3.05, 3.63) is 34.7 Å². The van der Waals surface area contributed by atoms with Gasteiger partial charge in [-0.1, -0.05) is 30.9 Å². The molecule has 0 unspecified atom stereocenters. The van der Waals surface area contributed by atoms with Gasteiger partial charge < -0.3 is 19.9 Å². The molecule has 0 atom stereocenters. The standard InChI is InChI=1S/C28H39ClFN7O2/c1-34-14-16-35(17-15-34)13-7-3-6-12-31-27-32-18-20-19-36(25-22(29)10-11-23(39-2)24(25)30)28(38)37(26(20)33-27)21-8-4-5-9-21/h10-11,18,21H,3-9,12-17,19H2,1-2H3,(H,31,32,33). The molecule has 212 valence electrons. The summed E-state index contributed by atoms with van der Waals surface area (Å²) >= 11 is 6.41. The first-order valence-electron chi connectivity index (χ1n) is 14.1. The molecular weight excluding hydrogens is 521 g/mol. The second kappa shape index (κ2) is 12.7. The third kappa shape index (κ3) is 6.23. The van der Waals surface area contributed by atoms with Crippen molar-refractivity contribution in [2.75, 3.05) is 68.5 Å². The minimum atomic E-state index is -0.653. The van der Waals surface area contributed by atoms with Gasteiger partial charge in [-0.2, -0.15) is 4.98 Å². The molecule has 2 fully saturated rings. The van der Waals surface area contributed by atoms with E-state index in [1.807, 2.05) is 0 Å². The zero-order valence-corrected chi connectivity index (χ0v) is 23.7. The van der Waals surface area contributed by atoms with Crippen LogP contribution in [0.25, 0.3) is 0 Å². The summed E-state index contributed by atoms with van der Waals surface area (Å²) in [6.45, 7) is 6.66. The van der Waals surface area contributed by atoms with Crippen molar-refractivity contribution in [3.63, 3.8) is 0 Å². The number of amides is 2. The highest BCUT2D eigenvalue weighted by molar-refractivity contribution is 6.34. The van der Waals surface area contributed by atoms with Crippen LogP contribution in [-0.2, 0) is 6.54 Å². The molecule has 2 aliphatic heterocycles. The number of methoxy groups -OCH3 is 1. The van der Waals surface area contributed by atoms with Crippen LogP contribution in [0.5, 0.6) is 5.75 Å². The molecule has 1 aliphatic carbocycles. The third-order valence-corrected chi connectivity index (χ3v) is 8.38. The second-order valence-corrected chi connectivity index (χ2v) is 11.2. The number of hydrogen-bond donors (Lipinski definition) is 1. The molecule has 2 amide bonds. The average molecular weight is 560 g/mol. The minimum Gasteiger partial charge on any atom is -0.494 e. The molecule has 2 aromatic rings. The lowest BCUT2D eigenvalue weighted by atomic mass is 10.1. The Bertz CT molecular complexity index is 1150. The first-order valence-corrected chi connectivity index (χ1v) is 14.5. The smallest absolute Gasteiger partial charge is 0.330 e. The topological polar surface area (TPSA) is 77.1 Å². The number of likely N-dealkylation sites (N-methyl/N-ethyl adjacent to an activating group) is 1. The molecule has 1 aromatic carbocycles. The van der Waals surface area contributed by atoms with Crippen LogP contribution in [0, 0.1) is 5.82 Å². The number of aromatic nitrogens is 2. The molecule has 1 aromatic heterocycles. The Labute approximate surface area is 235 Å². The lowest BCUT2D eigenvalue weighted by Gasteiger charge is -2.39. The molecule has 0 spiro atoms. The van der Waals surface area contributed by atoms with Crippen molar-refractivity contribution in [2.24, 2.45) is 0 Å². The van der Waals surface area contributed by atoms with Crippen LogP contribution in [0.1, 0.15) is 50.5 Å². The molecule has 1 N–H and O–H groups in total. The number of unbranched alkanes of at least 4 members (excludes halogenated alkanes) is 2. The fraction of sp³-hybridized carbons (Fsp3) is 0.607. The van der Waals surface area contributed by atoms with Gasteiger partial charge in [0.05, 0.1) is 18.7 Å². The van der Waals surface area contributed by atoms with E-state index in [-0.39, 0.29) is 35.1 Å². The van der Waals surface area contributed by atoms with Gasteiger partial charge >= 0.3 is 6.03 Å². The van der Waals surface area contributed by atoms with E-state index in [4.69, 9.17) is 21.3 Å². The van der Waals surface area contributed by atoms with Gasteiger partial charge in [0, 0.05) is 50.5 Å². The SMILES string of the molecule is COc1ccc(Cl)c(N2Cc3cnc(NCCCCCN4CCN(C)CC4)nc3N(C3CCCC3)C2=O)c1F. The largest absolute Gasteiger partial charge is 0.494 e. The van der Waals surface area contributed by atoms with Gasteiger partial charge in [0.15, 0.2) is 11.6 Å². The van der Waals surface area contributed by atoms with Crippen LogP contribution in [-0.4, -0.2) is 85.3 Å². The Hall–Kier alpha value is -2.69. The molecule has 1 saturated heterocycles. The molecule has 0 radical (unpaired) electrons. The number of benzene rings is 1. The Morgan fingerprint density at radius 2 is 1.90 bits per heavy atom. The van der Waals surface area contributed by atoms with Gasteiger partial charge in [0.25, 0.3) is 0 Å². The maximum atomic E-state index is 15.3. The van der Waals surface area contributed by atoms with Crippen LogP contribution < -0.4 is 19.9 Å². The molecule has 5 rings (SSSR count). The molecule has 0 bridgehead atoms. The summed E-state index contributed by atoms with van der Waals surface area (Å²) in [6.07, 6.45) is 8.94. The summed E-state index contributed by atoms with van der Waals surface area (Å²) in [6, 6.07) is 2.70. The molecule has 9 nitrogen and oxygen atoms in total. The lowest BCUT2D eigenvalue weighted by Crippen LogP contribution is -2.52. The summed E-state index contributed by atoms with van der Waals surface area (Å²) in [5.74, 6) is 0.512. The van der Waals surface area contributed by atoms with Gasteiger partial charge in [-0.15, -0.1) is 0 Å². The third-order valence-electron chi connectivity index (χ3n) is 8.08. The first-order chi connectivity index (χ1) is 19.0. The number of rotatable bonds is 10. The monoisotopic (exact) mass is 559 g/mol. The number of nitrogens with one attached hydrogen (secondary N) is 1. The van der Waals surface area contributed by atoms with Crippen molar-refractivity contribution < 1.29 is 13.9 Å². The van der Waals surface area contributed by atoms with E-state index in [0.717, 1.165) is 83.4 Å². The predicted molar refractivity (Wildman–Crippen MR) is 153 cm³/mol. The molecule has 3 heterocycles. The number of ether oxygens (including phenoxy) is 1. The fourth-order valence-corrected chi connectivity index (χ4v) is 6.01. The van der Waals surface area contributed by atoms with Gasteiger partial charge in [0.1, 0.15) is 11.5 Å². The molecule has 11 heteroatoms. The Kier molecular flexibility index (Phi) is 9.04. The van der Waals surface area contributed by atoms with E-state index >= 15 is 4.39 Å². The maximum absolute atomic E-state index is 15.3. The summed E-state index contributed by atoms with van der Waals surface area (Å²) in [5.41, 5.74) is 0.783.